The van der Waals surface area contributed by atoms with Crippen molar-refractivity contribution in [2.24, 2.45) is 0 Å². The molecule has 5 aromatic carbocycles. The van der Waals surface area contributed by atoms with E-state index in [9.17, 15) is 15.3 Å². The van der Waals surface area contributed by atoms with Gasteiger partial charge in [-0.2, -0.15) is 0 Å². The molecule has 0 aliphatic carbocycles. The lowest BCUT2D eigenvalue weighted by Gasteiger charge is -2.46. The van der Waals surface area contributed by atoms with Gasteiger partial charge in [-0.25, -0.2) is 0 Å². The van der Waals surface area contributed by atoms with E-state index in [1.54, 1.807) is 0 Å². The van der Waals surface area contributed by atoms with Crippen LogP contribution in [-0.2, 0) is 70.9 Å². The molecule has 11 nitrogen and oxygen atoms in total. The molecule has 2 aliphatic heterocycles. The summed E-state index contributed by atoms with van der Waals surface area (Å²) in [6.45, 7) is 0.408. The number of hydrogen-bond donors (Lipinski definition) is 3. The first-order valence-corrected chi connectivity index (χ1v) is 19.7. The highest BCUT2D eigenvalue weighted by Gasteiger charge is 2.51. The first kappa shape index (κ1) is 41.8. The predicted molar refractivity (Wildman–Crippen MR) is 214 cm³/mol. The van der Waals surface area contributed by atoms with Gasteiger partial charge in [0.15, 0.2) is 12.6 Å². The highest BCUT2D eigenvalue weighted by atomic mass is 16.7. The van der Waals surface area contributed by atoms with Crippen molar-refractivity contribution in [3.05, 3.63) is 179 Å². The Kier molecular flexibility index (Phi) is 15.6. The van der Waals surface area contributed by atoms with Crippen LogP contribution in [0.5, 0.6) is 0 Å². The molecule has 2 heterocycles. The molecule has 3 N–H and O–H groups in total. The van der Waals surface area contributed by atoms with Crippen LogP contribution in [0.3, 0.4) is 0 Å². The van der Waals surface area contributed by atoms with Gasteiger partial charge < -0.3 is 53.2 Å². The summed E-state index contributed by atoms with van der Waals surface area (Å²) < 4.78 is 51.0. The molecular weight excluding hydrogens is 741 g/mol. The van der Waals surface area contributed by atoms with Crippen LogP contribution in [0.15, 0.2) is 152 Å². The minimum atomic E-state index is -1.42. The summed E-state index contributed by atoms with van der Waals surface area (Å²) in [4.78, 5) is 0. The summed E-state index contributed by atoms with van der Waals surface area (Å²) in [6, 6.07) is 48.3. The maximum Gasteiger partial charge on any atom is 0.186 e. The number of aliphatic hydroxyl groups excluding tert-OH is 3. The molecule has 10 atom stereocenters. The molecule has 2 saturated heterocycles. The van der Waals surface area contributed by atoms with Gasteiger partial charge in [0.25, 0.3) is 0 Å². The van der Waals surface area contributed by atoms with E-state index in [0.29, 0.717) is 0 Å². The van der Waals surface area contributed by atoms with Crippen LogP contribution < -0.4 is 0 Å². The first-order chi connectivity index (χ1) is 28.6. The van der Waals surface area contributed by atoms with E-state index in [1.807, 2.05) is 152 Å². The Balaban J connectivity index is 1.12. The topological polar surface area (TPSA) is 135 Å². The van der Waals surface area contributed by atoms with Crippen LogP contribution in [0.2, 0.25) is 0 Å². The smallest absolute Gasteiger partial charge is 0.186 e. The second kappa shape index (κ2) is 21.6. The van der Waals surface area contributed by atoms with Crippen molar-refractivity contribution in [3.63, 3.8) is 0 Å². The number of aliphatic hydroxyl groups is 3. The molecule has 0 saturated carbocycles. The van der Waals surface area contributed by atoms with Crippen LogP contribution in [0, 0.1) is 0 Å². The van der Waals surface area contributed by atoms with Gasteiger partial charge in [0, 0.05) is 0 Å². The molecule has 58 heavy (non-hydrogen) atoms. The fourth-order valence-electron chi connectivity index (χ4n) is 7.19. The predicted octanol–water partition coefficient (Wildman–Crippen LogP) is 5.73. The van der Waals surface area contributed by atoms with Crippen molar-refractivity contribution in [1.29, 1.82) is 0 Å². The van der Waals surface area contributed by atoms with Crippen LogP contribution in [0.25, 0.3) is 0 Å². The summed E-state index contributed by atoms with van der Waals surface area (Å²) in [7, 11) is 0. The first-order valence-electron chi connectivity index (χ1n) is 19.7. The zero-order chi connectivity index (χ0) is 39.9. The summed E-state index contributed by atoms with van der Waals surface area (Å²) in [6.07, 6.45) is -10.2. The Morgan fingerprint density at radius 1 is 0.379 bits per heavy atom. The molecule has 0 aromatic heterocycles. The highest BCUT2D eigenvalue weighted by molar-refractivity contribution is 5.17. The molecular formula is C47H52O11. The lowest BCUT2D eigenvalue weighted by molar-refractivity contribution is -0.343. The highest BCUT2D eigenvalue weighted by Crippen LogP contribution is 2.33. The molecule has 11 heteroatoms. The second-order valence-electron chi connectivity index (χ2n) is 14.4. The minimum absolute atomic E-state index is 0.177. The van der Waals surface area contributed by atoms with Crippen molar-refractivity contribution in [2.45, 2.75) is 94.4 Å². The number of benzene rings is 5. The van der Waals surface area contributed by atoms with E-state index in [1.165, 1.54) is 0 Å². The van der Waals surface area contributed by atoms with Crippen molar-refractivity contribution in [3.8, 4) is 0 Å². The third kappa shape index (κ3) is 11.4. The Morgan fingerprint density at radius 3 is 1.12 bits per heavy atom. The van der Waals surface area contributed by atoms with Crippen molar-refractivity contribution < 1.29 is 53.2 Å². The standard InChI is InChI=1S/C47H52O11/c48-26-38-41(51-27-33-16-6-1-7-17-33)43(53-29-35-20-10-3-11-21-35)40(49)47(58-38)56-32-39-42(52-28-34-18-8-2-9-19-34)44(54-30-36-22-12-4-13-23-36)45(46(50)57-39)55-31-37-24-14-5-15-25-37/h1-25,38-50H,26-32H2/t38-,39-,40+,41-,42-,43-,44+,45+,46+,47+/m1/s1. The average molecular weight is 793 g/mol. The Hall–Kier alpha value is -4.34. The van der Waals surface area contributed by atoms with Gasteiger partial charge in [-0.3, -0.25) is 0 Å². The van der Waals surface area contributed by atoms with Crippen molar-refractivity contribution in [1.82, 2.24) is 0 Å². The Bertz CT molecular complexity index is 1870. The van der Waals surface area contributed by atoms with Gasteiger partial charge in [0.2, 0.25) is 0 Å². The van der Waals surface area contributed by atoms with Gasteiger partial charge in [-0.1, -0.05) is 152 Å². The van der Waals surface area contributed by atoms with E-state index in [2.05, 4.69) is 0 Å². The third-order valence-electron chi connectivity index (χ3n) is 10.3. The van der Waals surface area contributed by atoms with Gasteiger partial charge >= 0.3 is 0 Å². The molecule has 5 aromatic rings. The lowest BCUT2D eigenvalue weighted by atomic mass is 9.97. The largest absolute Gasteiger partial charge is 0.394 e. The van der Waals surface area contributed by atoms with E-state index >= 15 is 0 Å². The maximum atomic E-state index is 11.9. The monoisotopic (exact) mass is 792 g/mol. The van der Waals surface area contributed by atoms with Gasteiger partial charge in [0.05, 0.1) is 46.2 Å². The van der Waals surface area contributed by atoms with Gasteiger partial charge in [-0.15, -0.1) is 0 Å². The molecule has 2 fully saturated rings. The molecule has 0 spiro atoms. The molecule has 0 bridgehead atoms. The molecule has 306 valence electrons. The summed E-state index contributed by atoms with van der Waals surface area (Å²) in [5, 5.41) is 34.0. The number of hydrogen-bond acceptors (Lipinski definition) is 11. The van der Waals surface area contributed by atoms with Crippen molar-refractivity contribution >= 4 is 0 Å². The quantitative estimate of drug-likeness (QED) is 0.0948. The van der Waals surface area contributed by atoms with Gasteiger partial charge in [0.1, 0.15) is 48.8 Å². The van der Waals surface area contributed by atoms with Gasteiger partial charge in [-0.05, 0) is 27.8 Å². The summed E-state index contributed by atoms with van der Waals surface area (Å²) >= 11 is 0. The summed E-state index contributed by atoms with van der Waals surface area (Å²) in [5.74, 6) is 0. The Labute approximate surface area is 339 Å². The van der Waals surface area contributed by atoms with E-state index in [0.717, 1.165) is 27.8 Å². The van der Waals surface area contributed by atoms with Crippen LogP contribution >= 0.6 is 0 Å². The average Bonchev–Trinajstić information content (AvgIpc) is 3.27. The normalized spacial score (nSPS) is 27.3. The van der Waals surface area contributed by atoms with E-state index in [4.69, 9.17) is 37.9 Å². The third-order valence-corrected chi connectivity index (χ3v) is 10.3. The zero-order valence-electron chi connectivity index (χ0n) is 32.3. The summed E-state index contributed by atoms with van der Waals surface area (Å²) in [5.41, 5.74) is 4.58. The Morgan fingerprint density at radius 2 is 0.724 bits per heavy atom. The number of ether oxygens (including phenoxy) is 8. The molecule has 0 unspecified atom stereocenters. The SMILES string of the molecule is OC[C@H]1O[C@H](OC[C@H]2O[C@H](O)[C@@H](OCc3ccccc3)[C@@H](OCc3ccccc3)[C@@H]2OCc2ccccc2)[C@@H](O)[C@@H](OCc2ccccc2)[C@@H]1OCc1ccccc1. The molecule has 0 amide bonds. The van der Waals surface area contributed by atoms with Crippen LogP contribution in [0.1, 0.15) is 27.8 Å². The van der Waals surface area contributed by atoms with Crippen LogP contribution in [0.4, 0.5) is 0 Å². The van der Waals surface area contributed by atoms with Crippen molar-refractivity contribution in [2.75, 3.05) is 13.2 Å². The molecule has 0 radical (unpaired) electrons. The van der Waals surface area contributed by atoms with E-state index < -0.39 is 68.0 Å². The second-order valence-corrected chi connectivity index (χ2v) is 14.4. The fraction of sp³-hybridized carbons (Fsp3) is 0.362. The fourth-order valence-corrected chi connectivity index (χ4v) is 7.19. The molecule has 2 aliphatic rings. The maximum absolute atomic E-state index is 11.9. The lowest BCUT2D eigenvalue weighted by Crippen LogP contribution is -2.63. The molecule has 7 rings (SSSR count). The minimum Gasteiger partial charge on any atom is -0.394 e. The van der Waals surface area contributed by atoms with E-state index in [-0.39, 0.29) is 39.6 Å². The van der Waals surface area contributed by atoms with Crippen LogP contribution in [-0.4, -0.2) is 89.9 Å². The zero-order valence-corrected chi connectivity index (χ0v) is 32.3. The number of rotatable bonds is 19.